The SMILES string of the molecule is CO[C@H]1O[C@H](COCc2ccccc2)[C@@H](O[C@H]2O[C@H](COCc3ccccc3)[C@@H](COS(=O)(=O)C(F)(F)F)[C@H](OCc3ccccc3)[C@H]2OCc2ccccc2)[C@H](OCc2ccccc2)[C@H]1OCc1ccccc1. The Balaban J connectivity index is 1.21. The van der Waals surface area contributed by atoms with E-state index >= 15 is 0 Å². The van der Waals surface area contributed by atoms with Crippen LogP contribution in [0.2, 0.25) is 0 Å². The minimum absolute atomic E-state index is 0.0401. The van der Waals surface area contributed by atoms with Gasteiger partial charge in [-0.1, -0.05) is 182 Å². The molecule has 0 aliphatic carbocycles. The lowest BCUT2D eigenvalue weighted by molar-refractivity contribution is -0.371. The molecule has 8 rings (SSSR count). The minimum atomic E-state index is -6.09. The topological polar surface area (TPSA) is 136 Å². The monoisotopic (exact) mass is 1040 g/mol. The van der Waals surface area contributed by atoms with Crippen molar-refractivity contribution in [3.8, 4) is 0 Å². The van der Waals surface area contributed by atoms with Gasteiger partial charge in [0.15, 0.2) is 12.6 Å². The van der Waals surface area contributed by atoms with E-state index in [0.29, 0.717) is 5.56 Å². The number of hydrogen-bond acceptors (Lipinski definition) is 13. The number of ether oxygens (including phenoxy) is 10. The Morgan fingerprint density at radius 1 is 0.419 bits per heavy atom. The third kappa shape index (κ3) is 15.6. The van der Waals surface area contributed by atoms with Gasteiger partial charge < -0.3 is 47.4 Å². The third-order valence-corrected chi connectivity index (χ3v) is 13.6. The van der Waals surface area contributed by atoms with E-state index in [2.05, 4.69) is 0 Å². The highest BCUT2D eigenvalue weighted by atomic mass is 32.2. The quantitative estimate of drug-likeness (QED) is 0.0377. The molecule has 74 heavy (non-hydrogen) atoms. The van der Waals surface area contributed by atoms with Crippen LogP contribution in [-0.4, -0.2) is 96.2 Å². The highest BCUT2D eigenvalue weighted by molar-refractivity contribution is 7.87. The Hall–Kier alpha value is -5.38. The summed E-state index contributed by atoms with van der Waals surface area (Å²) >= 11 is 0. The Morgan fingerprint density at radius 3 is 1.15 bits per heavy atom. The molecule has 0 unspecified atom stereocenters. The van der Waals surface area contributed by atoms with Gasteiger partial charge in [-0.2, -0.15) is 21.6 Å². The van der Waals surface area contributed by atoms with Crippen LogP contribution in [0.5, 0.6) is 0 Å². The maximum atomic E-state index is 14.0. The van der Waals surface area contributed by atoms with Crippen LogP contribution in [0.25, 0.3) is 0 Å². The summed E-state index contributed by atoms with van der Waals surface area (Å²) < 4.78 is 139. The summed E-state index contributed by atoms with van der Waals surface area (Å²) in [5.74, 6) is -1.26. The summed E-state index contributed by atoms with van der Waals surface area (Å²) in [4.78, 5) is 0. The maximum absolute atomic E-state index is 14.0. The molecular weight excluding hydrogens is 982 g/mol. The van der Waals surface area contributed by atoms with E-state index in [1.165, 1.54) is 7.11 Å². The smallest absolute Gasteiger partial charge is 0.374 e. The van der Waals surface area contributed by atoms with Crippen LogP contribution in [0.4, 0.5) is 13.2 Å². The van der Waals surface area contributed by atoms with Gasteiger partial charge in [-0.25, -0.2) is 0 Å². The van der Waals surface area contributed by atoms with Gasteiger partial charge in [-0.05, 0) is 33.4 Å². The number of rotatable bonds is 26. The summed E-state index contributed by atoms with van der Waals surface area (Å²) in [5.41, 5.74) is -0.829. The average Bonchev–Trinajstić information content (AvgIpc) is 3.43. The zero-order valence-electron chi connectivity index (χ0n) is 40.8. The molecule has 10 atom stereocenters. The Kier molecular flexibility index (Phi) is 20.3. The minimum Gasteiger partial charge on any atom is -0.374 e. The molecule has 394 valence electrons. The first kappa shape index (κ1) is 54.9. The molecule has 2 fully saturated rings. The lowest BCUT2D eigenvalue weighted by atomic mass is 9.89. The van der Waals surface area contributed by atoms with Crippen LogP contribution in [0, 0.1) is 5.92 Å². The molecule has 0 aromatic heterocycles. The van der Waals surface area contributed by atoms with Crippen molar-refractivity contribution in [2.75, 3.05) is 26.9 Å². The summed E-state index contributed by atoms with van der Waals surface area (Å²) in [6.45, 7) is -0.892. The van der Waals surface area contributed by atoms with E-state index in [9.17, 15) is 21.6 Å². The third-order valence-electron chi connectivity index (χ3n) is 12.5. The summed E-state index contributed by atoms with van der Waals surface area (Å²) in [7, 11) is -4.58. The Labute approximate surface area is 430 Å². The van der Waals surface area contributed by atoms with E-state index in [4.69, 9.17) is 51.6 Å². The number of halogens is 3. The molecule has 0 N–H and O–H groups in total. The van der Waals surface area contributed by atoms with E-state index < -0.39 is 83.5 Å². The first-order valence-corrected chi connectivity index (χ1v) is 25.8. The maximum Gasteiger partial charge on any atom is 0.523 e. The zero-order chi connectivity index (χ0) is 51.6. The highest BCUT2D eigenvalue weighted by Gasteiger charge is 2.55. The second kappa shape index (κ2) is 27.4. The van der Waals surface area contributed by atoms with E-state index in [1.807, 2.05) is 182 Å². The Bertz CT molecular complexity index is 2630. The van der Waals surface area contributed by atoms with Gasteiger partial charge in [0, 0.05) is 13.0 Å². The molecule has 13 nitrogen and oxygen atoms in total. The number of benzene rings is 6. The predicted octanol–water partition coefficient (Wildman–Crippen LogP) is 9.73. The fourth-order valence-corrected chi connectivity index (χ4v) is 9.22. The molecule has 0 radical (unpaired) electrons. The highest BCUT2D eigenvalue weighted by Crippen LogP contribution is 2.39. The molecular formula is C57H61F3O13S. The zero-order valence-corrected chi connectivity index (χ0v) is 41.6. The van der Waals surface area contributed by atoms with Crippen molar-refractivity contribution in [3.05, 3.63) is 215 Å². The first-order valence-electron chi connectivity index (χ1n) is 24.3. The van der Waals surface area contributed by atoms with Crippen LogP contribution in [-0.2, 0) is 101 Å². The van der Waals surface area contributed by atoms with Crippen molar-refractivity contribution < 1.29 is 73.1 Å². The fraction of sp³-hybridized carbons (Fsp3) is 0.368. The predicted molar refractivity (Wildman–Crippen MR) is 266 cm³/mol. The summed E-state index contributed by atoms with van der Waals surface area (Å²) in [6, 6.07) is 56.3. The lowest BCUT2D eigenvalue weighted by Crippen LogP contribution is -2.65. The van der Waals surface area contributed by atoms with Crippen molar-refractivity contribution in [2.45, 2.75) is 100 Å². The Morgan fingerprint density at radius 2 is 0.757 bits per heavy atom. The van der Waals surface area contributed by atoms with Crippen LogP contribution < -0.4 is 0 Å². The van der Waals surface area contributed by atoms with Gasteiger partial charge in [0.1, 0.15) is 30.5 Å². The number of hydrogen-bond donors (Lipinski definition) is 0. The van der Waals surface area contributed by atoms with Crippen molar-refractivity contribution in [2.24, 2.45) is 5.92 Å². The van der Waals surface area contributed by atoms with E-state index in [1.54, 1.807) is 0 Å². The van der Waals surface area contributed by atoms with Crippen molar-refractivity contribution in [1.82, 2.24) is 0 Å². The second-order valence-corrected chi connectivity index (χ2v) is 19.4. The van der Waals surface area contributed by atoms with Gasteiger partial charge in [0.25, 0.3) is 0 Å². The summed E-state index contributed by atoms with van der Waals surface area (Å²) in [5, 5.41) is 0. The van der Waals surface area contributed by atoms with Gasteiger partial charge in [-0.3, -0.25) is 4.18 Å². The van der Waals surface area contributed by atoms with E-state index in [-0.39, 0.29) is 52.9 Å². The molecule has 2 aliphatic heterocycles. The van der Waals surface area contributed by atoms with Crippen molar-refractivity contribution in [1.29, 1.82) is 0 Å². The van der Waals surface area contributed by atoms with Crippen molar-refractivity contribution in [3.63, 3.8) is 0 Å². The molecule has 2 heterocycles. The molecule has 17 heteroatoms. The first-order chi connectivity index (χ1) is 36.0. The molecule has 2 aliphatic rings. The second-order valence-electron chi connectivity index (χ2n) is 17.8. The van der Waals surface area contributed by atoms with Gasteiger partial charge in [0.2, 0.25) is 0 Å². The molecule has 0 amide bonds. The van der Waals surface area contributed by atoms with E-state index in [0.717, 1.165) is 27.8 Å². The molecule has 2 saturated heterocycles. The summed E-state index contributed by atoms with van der Waals surface area (Å²) in [6.07, 6.45) is -10.1. The van der Waals surface area contributed by atoms with Crippen molar-refractivity contribution >= 4 is 10.1 Å². The number of alkyl halides is 3. The molecule has 6 aromatic rings. The normalized spacial score (nSPS) is 24.4. The fourth-order valence-electron chi connectivity index (χ4n) is 8.75. The van der Waals surface area contributed by atoms with Gasteiger partial charge >= 0.3 is 15.6 Å². The van der Waals surface area contributed by atoms with Crippen LogP contribution in [0.3, 0.4) is 0 Å². The van der Waals surface area contributed by atoms with Crippen LogP contribution >= 0.6 is 0 Å². The largest absolute Gasteiger partial charge is 0.523 e. The molecule has 0 bridgehead atoms. The number of methoxy groups -OCH3 is 1. The van der Waals surface area contributed by atoms with Crippen LogP contribution in [0.1, 0.15) is 33.4 Å². The van der Waals surface area contributed by atoms with Crippen LogP contribution in [0.15, 0.2) is 182 Å². The molecule has 6 aromatic carbocycles. The standard InChI is InChI=1S/C57H61F3O13S/c1-63-55-54(69-37-46-30-18-7-19-31-46)52(67-35-44-26-14-5-15-27-44)51(49(72-55)40-65-33-42-22-10-3-11-23-42)73-56-53(68-36-45-28-16-6-17-29-45)50(66-34-43-24-12-4-13-25-43)47(38-70-74(61,62)57(58,59)60)48(71-56)39-64-32-41-20-8-2-9-21-41/h2-31,47-56H,32-40H2,1H3/t47-,48-,49-,50+,51-,52+,53-,54-,55+,56-/m1/s1. The molecule has 0 spiro atoms. The average molecular weight is 1040 g/mol. The van der Waals surface area contributed by atoms with Gasteiger partial charge in [-0.15, -0.1) is 0 Å². The van der Waals surface area contributed by atoms with Gasteiger partial charge in [0.05, 0.1) is 71.7 Å². The molecule has 0 saturated carbocycles. The lowest BCUT2D eigenvalue weighted by Gasteiger charge is -2.50.